The van der Waals surface area contributed by atoms with Crippen LogP contribution < -0.4 is 13.1 Å². The Hall–Kier alpha value is -4.43. The van der Waals surface area contributed by atoms with Gasteiger partial charge in [-0.25, -0.2) is 0 Å². The van der Waals surface area contributed by atoms with E-state index in [0.29, 0.717) is 13.1 Å². The fourth-order valence-corrected chi connectivity index (χ4v) is 9.56. The van der Waals surface area contributed by atoms with Crippen molar-refractivity contribution in [1.29, 1.82) is 0 Å². The van der Waals surface area contributed by atoms with Crippen LogP contribution in [0.3, 0.4) is 0 Å². The summed E-state index contributed by atoms with van der Waals surface area (Å²) in [5.41, 5.74) is 5.05. The second-order valence-corrected chi connectivity index (χ2v) is 18.7. The van der Waals surface area contributed by atoms with E-state index in [1.54, 1.807) is 36.1 Å². The fraction of sp³-hybridized carbons (Fsp3) is 0.419. The Kier molecular flexibility index (Phi) is 11.8. The second-order valence-electron chi connectivity index (χ2n) is 15.6. The number of nitrogens with zero attached hydrogens (tertiary/aromatic N) is 3. The summed E-state index contributed by atoms with van der Waals surface area (Å²) in [6, 6.07) is 19.9. The fourth-order valence-electron chi connectivity index (χ4n) is 7.66. The molecule has 2 aliphatic heterocycles. The van der Waals surface area contributed by atoms with E-state index in [1.165, 1.54) is 35.9 Å². The van der Waals surface area contributed by atoms with E-state index in [-0.39, 0.29) is 50.7 Å². The molecule has 0 N–H and O–H groups in total. The van der Waals surface area contributed by atoms with Crippen molar-refractivity contribution >= 4 is 26.1 Å². The van der Waals surface area contributed by atoms with Crippen LogP contribution in [-0.2, 0) is 39.9 Å². The lowest BCUT2D eigenvalue weighted by Gasteiger charge is -2.32. The van der Waals surface area contributed by atoms with Crippen molar-refractivity contribution in [1.82, 2.24) is 14.7 Å². The molecule has 11 nitrogen and oxygen atoms in total. The van der Waals surface area contributed by atoms with E-state index in [0.717, 1.165) is 87.1 Å². The summed E-state index contributed by atoms with van der Waals surface area (Å²) in [4.78, 5) is 21.1. The van der Waals surface area contributed by atoms with Gasteiger partial charge < -0.3 is 22.9 Å². The van der Waals surface area contributed by atoms with E-state index in [9.17, 15) is 21.6 Å². The maximum absolute atomic E-state index is 14.9. The van der Waals surface area contributed by atoms with Crippen LogP contribution in [0.4, 0.5) is 0 Å². The summed E-state index contributed by atoms with van der Waals surface area (Å²) in [6.45, 7) is 11.0. The molecule has 13 heteroatoms. The predicted octanol–water partition coefficient (Wildman–Crippen LogP) is 7.01. The van der Waals surface area contributed by atoms with Crippen LogP contribution >= 0.6 is 0 Å². The Morgan fingerprint density at radius 2 is 1.27 bits per heavy atom. The minimum absolute atomic E-state index is 0.0398. The number of carbonyl (C=O) groups excluding carboxylic acids is 1. The quantitative estimate of drug-likeness (QED) is 0.138. The molecule has 0 unspecified atom stereocenters. The smallest absolute Gasteiger partial charge is 0.339 e. The zero-order valence-corrected chi connectivity index (χ0v) is 34.3. The Morgan fingerprint density at radius 3 is 1.88 bits per heavy atom. The van der Waals surface area contributed by atoms with Gasteiger partial charge >= 0.3 is 20.2 Å². The topological polar surface area (TPSA) is 123 Å². The molecule has 0 spiro atoms. The molecular formula is C43H51N3O8S2. The molecule has 56 heavy (non-hydrogen) atoms. The molecule has 0 atom stereocenters. The third-order valence-corrected chi connectivity index (χ3v) is 13.6. The van der Waals surface area contributed by atoms with E-state index in [2.05, 4.69) is 35.0 Å². The van der Waals surface area contributed by atoms with Crippen LogP contribution in [0.2, 0.25) is 0 Å². The Morgan fingerprint density at radius 1 is 0.696 bits per heavy atom. The molecule has 4 aromatic carbocycles. The van der Waals surface area contributed by atoms with Crippen molar-refractivity contribution in [3.05, 3.63) is 112 Å². The highest BCUT2D eigenvalue weighted by Crippen LogP contribution is 2.43. The third-order valence-electron chi connectivity index (χ3n) is 11.1. The van der Waals surface area contributed by atoms with Crippen molar-refractivity contribution in [2.75, 3.05) is 39.8 Å². The standard InChI is InChI=1S/C43H51N3O8S2/c1-30-10-16-37(17-11-30)55(48,49)53-39-25-40(54-56(50,51)38-18-12-31(2)13-19-38)41(42(32(39)3)52-29-33-8-6-5-7-9-33)43(47)46-27-35-15-14-34(24-36(35)28-46)26-45-22-20-44(4)21-23-45/h10-19,24-25,33H,5-9,20-23,26-29H2,1-4H3. The number of fused-ring (bicyclic) bond motifs is 1. The number of benzene rings is 4. The summed E-state index contributed by atoms with van der Waals surface area (Å²) in [5.74, 6) is -0.820. The van der Waals surface area contributed by atoms with Gasteiger partial charge in [0.15, 0.2) is 11.5 Å². The lowest BCUT2D eigenvalue weighted by atomic mass is 9.90. The first kappa shape index (κ1) is 39.8. The average Bonchev–Trinajstić information content (AvgIpc) is 3.60. The molecule has 1 aliphatic carbocycles. The van der Waals surface area contributed by atoms with Crippen LogP contribution in [0.25, 0.3) is 0 Å². The van der Waals surface area contributed by atoms with Gasteiger partial charge in [0.25, 0.3) is 5.91 Å². The van der Waals surface area contributed by atoms with Crippen molar-refractivity contribution < 1.29 is 34.7 Å². The number of hydrogen-bond acceptors (Lipinski definition) is 10. The van der Waals surface area contributed by atoms with Crippen molar-refractivity contribution in [3.63, 3.8) is 0 Å². The van der Waals surface area contributed by atoms with Crippen molar-refractivity contribution in [3.8, 4) is 17.2 Å². The first-order chi connectivity index (χ1) is 26.8. The van der Waals surface area contributed by atoms with E-state index < -0.39 is 26.1 Å². The Bertz CT molecular complexity index is 2280. The summed E-state index contributed by atoms with van der Waals surface area (Å²) in [5, 5.41) is 0. The maximum atomic E-state index is 14.9. The SMILES string of the molecule is Cc1ccc(S(=O)(=O)Oc2cc(OS(=O)(=O)c3ccc(C)cc3)c(C(=O)N3Cc4ccc(CN5CCN(C)CC5)cc4C3)c(OCC3CCCCC3)c2C)cc1. The summed E-state index contributed by atoms with van der Waals surface area (Å²) >= 11 is 0. The van der Waals surface area contributed by atoms with Crippen LogP contribution in [0.5, 0.6) is 17.2 Å². The zero-order valence-electron chi connectivity index (χ0n) is 32.6. The molecule has 2 fully saturated rings. The summed E-state index contributed by atoms with van der Waals surface area (Å²) < 4.78 is 73.2. The average molecular weight is 802 g/mol. The van der Waals surface area contributed by atoms with Gasteiger partial charge in [0.1, 0.15) is 21.1 Å². The molecule has 0 radical (unpaired) electrons. The Labute approximate surface area is 331 Å². The highest BCUT2D eigenvalue weighted by molar-refractivity contribution is 7.87. The number of likely N-dealkylation sites (N-methyl/N-ethyl adjacent to an activating group) is 1. The number of amides is 1. The molecule has 7 rings (SSSR count). The van der Waals surface area contributed by atoms with E-state index in [1.807, 2.05) is 13.8 Å². The highest BCUT2D eigenvalue weighted by atomic mass is 32.2. The van der Waals surface area contributed by atoms with Crippen molar-refractivity contribution in [2.24, 2.45) is 5.92 Å². The van der Waals surface area contributed by atoms with E-state index >= 15 is 0 Å². The van der Waals surface area contributed by atoms with Gasteiger partial charge in [-0.2, -0.15) is 16.8 Å². The van der Waals surface area contributed by atoms with Gasteiger partial charge in [0.2, 0.25) is 0 Å². The predicted molar refractivity (Wildman–Crippen MR) is 214 cm³/mol. The number of piperazine rings is 1. The molecule has 0 bridgehead atoms. The largest absolute Gasteiger partial charge is 0.492 e. The molecule has 4 aromatic rings. The van der Waals surface area contributed by atoms with Gasteiger partial charge in [0, 0.05) is 57.4 Å². The second kappa shape index (κ2) is 16.6. The van der Waals surface area contributed by atoms with Gasteiger partial charge in [-0.05, 0) is 87.5 Å². The molecule has 1 saturated carbocycles. The van der Waals surface area contributed by atoms with Crippen LogP contribution in [0.1, 0.15) is 75.8 Å². The lowest BCUT2D eigenvalue weighted by molar-refractivity contribution is 0.0743. The molecule has 0 aromatic heterocycles. The van der Waals surface area contributed by atoms with Crippen molar-refractivity contribution in [2.45, 2.75) is 82.3 Å². The number of hydrogen-bond donors (Lipinski definition) is 0. The van der Waals surface area contributed by atoms with Gasteiger partial charge in [-0.1, -0.05) is 72.9 Å². The number of carbonyl (C=O) groups is 1. The molecule has 1 saturated heterocycles. The van der Waals surface area contributed by atoms with Gasteiger partial charge in [-0.15, -0.1) is 0 Å². The monoisotopic (exact) mass is 801 g/mol. The third kappa shape index (κ3) is 9.07. The minimum atomic E-state index is -4.51. The van der Waals surface area contributed by atoms with Gasteiger partial charge in [0.05, 0.1) is 6.61 Å². The molecule has 1 amide bonds. The summed E-state index contributed by atoms with van der Waals surface area (Å²) in [6.07, 6.45) is 5.15. The molecule has 298 valence electrons. The summed E-state index contributed by atoms with van der Waals surface area (Å²) in [7, 11) is -6.76. The van der Waals surface area contributed by atoms with Crippen LogP contribution in [0, 0.1) is 26.7 Å². The molecular weight excluding hydrogens is 751 g/mol. The first-order valence-electron chi connectivity index (χ1n) is 19.4. The van der Waals surface area contributed by atoms with Crippen LogP contribution in [0.15, 0.2) is 82.6 Å². The minimum Gasteiger partial charge on any atom is -0.492 e. The lowest BCUT2D eigenvalue weighted by Crippen LogP contribution is -2.43. The first-order valence-corrected chi connectivity index (χ1v) is 22.2. The van der Waals surface area contributed by atoms with Crippen LogP contribution in [-0.4, -0.2) is 77.3 Å². The maximum Gasteiger partial charge on any atom is 0.339 e. The normalized spacial score (nSPS) is 17.1. The number of aryl methyl sites for hydroxylation is 2. The molecule has 2 heterocycles. The number of ether oxygens (including phenoxy) is 1. The van der Waals surface area contributed by atoms with Gasteiger partial charge in [-0.3, -0.25) is 9.69 Å². The number of rotatable bonds is 12. The Balaban J connectivity index is 1.28. The van der Waals surface area contributed by atoms with E-state index in [4.69, 9.17) is 13.1 Å². The zero-order chi connectivity index (χ0) is 39.6. The molecule has 3 aliphatic rings. The highest BCUT2D eigenvalue weighted by Gasteiger charge is 2.35.